The van der Waals surface area contributed by atoms with Gasteiger partial charge in [-0.3, -0.25) is 9.52 Å². The highest BCUT2D eigenvalue weighted by Crippen LogP contribution is 2.28. The highest BCUT2D eigenvalue weighted by atomic mass is 32.2. The van der Waals surface area contributed by atoms with Gasteiger partial charge in [0.2, 0.25) is 5.76 Å². The Morgan fingerprint density at radius 3 is 2.49 bits per heavy atom. The molecule has 39 heavy (non-hydrogen) atoms. The molecule has 0 saturated heterocycles. The Labute approximate surface area is 225 Å². The van der Waals surface area contributed by atoms with E-state index in [1.165, 1.54) is 56.0 Å². The molecule has 0 saturated carbocycles. The van der Waals surface area contributed by atoms with E-state index in [0.29, 0.717) is 11.3 Å². The number of anilines is 1. The molecule has 0 bridgehead atoms. The van der Waals surface area contributed by atoms with Gasteiger partial charge in [-0.25, -0.2) is 18.6 Å². The molecule has 4 aromatic rings. The maximum absolute atomic E-state index is 12.9. The minimum atomic E-state index is -3.93. The number of carbonyl (C=O) groups excluding carboxylic acids is 2. The van der Waals surface area contributed by atoms with E-state index in [4.69, 9.17) is 13.9 Å². The molecule has 0 aliphatic heterocycles. The van der Waals surface area contributed by atoms with Crippen LogP contribution in [0.2, 0.25) is 0 Å². The first-order valence-corrected chi connectivity index (χ1v) is 13.1. The first-order valence-electron chi connectivity index (χ1n) is 11.6. The van der Waals surface area contributed by atoms with Gasteiger partial charge in [0, 0.05) is 5.56 Å². The van der Waals surface area contributed by atoms with Gasteiger partial charge in [0.05, 0.1) is 30.2 Å². The maximum atomic E-state index is 12.9. The van der Waals surface area contributed by atoms with Crippen molar-refractivity contribution in [2.45, 2.75) is 18.7 Å². The predicted octanol–water partition coefficient (Wildman–Crippen LogP) is 4.69. The number of esters is 1. The van der Waals surface area contributed by atoms with Crippen molar-refractivity contribution in [2.24, 2.45) is 5.10 Å². The molecular formula is C28H25N3O7S. The summed E-state index contributed by atoms with van der Waals surface area (Å²) in [4.78, 5) is 24.7. The van der Waals surface area contributed by atoms with E-state index >= 15 is 0 Å². The number of nitrogens with zero attached hydrogens (tertiary/aromatic N) is 1. The third-order valence-corrected chi connectivity index (χ3v) is 6.89. The van der Waals surface area contributed by atoms with Crippen molar-refractivity contribution in [1.29, 1.82) is 0 Å². The molecule has 0 unspecified atom stereocenters. The lowest BCUT2D eigenvalue weighted by atomic mass is 10.1. The molecule has 4 rings (SSSR count). The van der Waals surface area contributed by atoms with Gasteiger partial charge in [-0.1, -0.05) is 23.8 Å². The van der Waals surface area contributed by atoms with Gasteiger partial charge in [-0.05, 0) is 79.6 Å². The van der Waals surface area contributed by atoms with Crippen molar-refractivity contribution < 1.29 is 31.9 Å². The Morgan fingerprint density at radius 1 is 0.949 bits per heavy atom. The molecule has 0 fully saturated rings. The van der Waals surface area contributed by atoms with E-state index in [1.54, 1.807) is 24.3 Å². The van der Waals surface area contributed by atoms with E-state index < -0.39 is 21.9 Å². The zero-order chi connectivity index (χ0) is 28.0. The SMILES string of the molecule is COc1cc(/C=N/NC(=O)c2cccc(S(=O)(=O)Nc3ccc(C)cc3C)c2)ccc1OC(=O)c1ccco1. The summed E-state index contributed by atoms with van der Waals surface area (Å²) in [6.45, 7) is 3.73. The van der Waals surface area contributed by atoms with E-state index in [2.05, 4.69) is 15.2 Å². The van der Waals surface area contributed by atoms with Crippen LogP contribution in [0, 0.1) is 13.8 Å². The minimum absolute atomic E-state index is 0.0447. The molecule has 0 spiro atoms. The van der Waals surface area contributed by atoms with E-state index in [0.717, 1.165) is 11.1 Å². The van der Waals surface area contributed by atoms with Gasteiger partial charge in [0.1, 0.15) is 0 Å². The molecule has 0 atom stereocenters. The number of nitrogens with one attached hydrogen (secondary N) is 2. The lowest BCUT2D eigenvalue weighted by Crippen LogP contribution is -2.19. The molecule has 11 heteroatoms. The van der Waals surface area contributed by atoms with Crippen LogP contribution in [-0.2, 0) is 10.0 Å². The summed E-state index contributed by atoms with van der Waals surface area (Å²) in [6, 6.07) is 18.7. The van der Waals surface area contributed by atoms with Gasteiger partial charge < -0.3 is 13.9 Å². The number of benzene rings is 3. The largest absolute Gasteiger partial charge is 0.493 e. The predicted molar refractivity (Wildman–Crippen MR) is 145 cm³/mol. The quantitative estimate of drug-likeness (QED) is 0.134. The number of furan rings is 1. The third kappa shape index (κ3) is 6.70. The van der Waals surface area contributed by atoms with Crippen molar-refractivity contribution >= 4 is 33.8 Å². The molecule has 10 nitrogen and oxygen atoms in total. The van der Waals surface area contributed by atoms with Crippen molar-refractivity contribution in [3.8, 4) is 11.5 Å². The van der Waals surface area contributed by atoms with Crippen LogP contribution in [0.3, 0.4) is 0 Å². The van der Waals surface area contributed by atoms with Crippen LogP contribution in [0.25, 0.3) is 0 Å². The number of ether oxygens (including phenoxy) is 2. The topological polar surface area (TPSA) is 136 Å². The van der Waals surface area contributed by atoms with Crippen LogP contribution in [0.5, 0.6) is 11.5 Å². The van der Waals surface area contributed by atoms with Gasteiger partial charge >= 0.3 is 5.97 Å². The Hall–Kier alpha value is -4.90. The zero-order valence-corrected chi connectivity index (χ0v) is 22.1. The minimum Gasteiger partial charge on any atom is -0.493 e. The average molecular weight is 548 g/mol. The third-order valence-electron chi connectivity index (χ3n) is 5.53. The highest BCUT2D eigenvalue weighted by molar-refractivity contribution is 7.92. The summed E-state index contributed by atoms with van der Waals surface area (Å²) in [5.74, 6) is -0.804. The van der Waals surface area contributed by atoms with Gasteiger partial charge in [-0.2, -0.15) is 5.10 Å². The van der Waals surface area contributed by atoms with Crippen LogP contribution >= 0.6 is 0 Å². The van der Waals surface area contributed by atoms with Gasteiger partial charge in [-0.15, -0.1) is 0 Å². The second-order valence-corrected chi connectivity index (χ2v) is 10.1. The van der Waals surface area contributed by atoms with Crippen LogP contribution < -0.4 is 19.6 Å². The lowest BCUT2D eigenvalue weighted by Gasteiger charge is -2.12. The summed E-state index contributed by atoms with van der Waals surface area (Å²) >= 11 is 0. The number of sulfonamides is 1. The van der Waals surface area contributed by atoms with Crippen molar-refractivity contribution in [1.82, 2.24) is 5.43 Å². The fourth-order valence-corrected chi connectivity index (χ4v) is 4.74. The first-order chi connectivity index (χ1) is 18.7. The molecule has 1 aromatic heterocycles. The van der Waals surface area contributed by atoms with Crippen LogP contribution in [-0.4, -0.2) is 33.6 Å². The summed E-state index contributed by atoms with van der Waals surface area (Å²) in [5.41, 5.74) is 5.26. The zero-order valence-electron chi connectivity index (χ0n) is 21.3. The van der Waals surface area contributed by atoms with Gasteiger partial charge in [0.25, 0.3) is 15.9 Å². The number of hydrazone groups is 1. The van der Waals surface area contributed by atoms with E-state index in [-0.39, 0.29) is 27.7 Å². The Balaban J connectivity index is 1.42. The smallest absolute Gasteiger partial charge is 0.379 e. The molecule has 0 aliphatic carbocycles. The van der Waals surface area contributed by atoms with Crippen molar-refractivity contribution in [3.05, 3.63) is 107 Å². The normalized spacial score (nSPS) is 11.3. The average Bonchev–Trinajstić information content (AvgIpc) is 3.46. The second kappa shape index (κ2) is 11.7. The van der Waals surface area contributed by atoms with Crippen LogP contribution in [0.4, 0.5) is 5.69 Å². The number of aryl methyl sites for hydroxylation is 2. The van der Waals surface area contributed by atoms with Gasteiger partial charge in [0.15, 0.2) is 11.5 Å². The van der Waals surface area contributed by atoms with E-state index in [1.807, 2.05) is 26.0 Å². The fraction of sp³-hybridized carbons (Fsp3) is 0.107. The molecular weight excluding hydrogens is 522 g/mol. The molecule has 1 heterocycles. The summed E-state index contributed by atoms with van der Waals surface area (Å²) in [5, 5.41) is 3.94. The molecule has 2 N–H and O–H groups in total. The van der Waals surface area contributed by atoms with E-state index in [9.17, 15) is 18.0 Å². The van der Waals surface area contributed by atoms with Crippen molar-refractivity contribution in [2.75, 3.05) is 11.8 Å². The first kappa shape index (κ1) is 27.1. The fourth-order valence-electron chi connectivity index (χ4n) is 3.56. The number of carbonyl (C=O) groups is 2. The summed E-state index contributed by atoms with van der Waals surface area (Å²) in [7, 11) is -2.51. The summed E-state index contributed by atoms with van der Waals surface area (Å²) < 4.78 is 44.0. The standard InChI is InChI=1S/C28H25N3O7S/c1-18-9-11-23(19(2)14-18)31-39(34,35)22-7-4-6-21(16-22)27(32)30-29-17-20-10-12-24(26(15-20)36-3)38-28(33)25-8-5-13-37-25/h4-17,31H,1-3H3,(H,30,32)/b29-17+. The number of rotatable bonds is 9. The molecule has 1 amide bonds. The van der Waals surface area contributed by atoms with Crippen LogP contribution in [0.1, 0.15) is 37.6 Å². The Morgan fingerprint density at radius 2 is 1.77 bits per heavy atom. The Bertz CT molecular complexity index is 1650. The van der Waals surface area contributed by atoms with Crippen LogP contribution in [0.15, 0.2) is 93.5 Å². The lowest BCUT2D eigenvalue weighted by molar-refractivity contribution is 0.0696. The number of hydrogen-bond donors (Lipinski definition) is 2. The highest BCUT2D eigenvalue weighted by Gasteiger charge is 2.18. The molecule has 0 aliphatic rings. The molecule has 3 aromatic carbocycles. The maximum Gasteiger partial charge on any atom is 0.379 e. The second-order valence-electron chi connectivity index (χ2n) is 8.43. The Kier molecular flexibility index (Phi) is 8.11. The van der Waals surface area contributed by atoms with Crippen molar-refractivity contribution in [3.63, 3.8) is 0 Å². The molecule has 0 radical (unpaired) electrons. The monoisotopic (exact) mass is 547 g/mol. The number of hydrogen-bond acceptors (Lipinski definition) is 8. The molecule has 200 valence electrons. The number of amides is 1. The summed E-state index contributed by atoms with van der Waals surface area (Å²) in [6.07, 6.45) is 2.72. The number of methoxy groups -OCH3 is 1.